The third kappa shape index (κ3) is 17.2. The molecule has 0 amide bonds. The van der Waals surface area contributed by atoms with E-state index in [0.29, 0.717) is 30.3 Å². The maximum Gasteiger partial charge on any atom is 0.328 e. The minimum Gasteiger partial charge on any atom is -0.478 e. The molecule has 10 nitrogen and oxygen atoms in total. The summed E-state index contributed by atoms with van der Waals surface area (Å²) in [5.74, 6) is -5.03. The average molecular weight is 527 g/mol. The Morgan fingerprint density at radius 2 is 1.08 bits per heavy atom. The van der Waals surface area contributed by atoms with Gasteiger partial charge >= 0.3 is 23.9 Å². The first-order valence-electron chi connectivity index (χ1n) is 12.0. The van der Waals surface area contributed by atoms with Crippen LogP contribution >= 0.6 is 0 Å². The van der Waals surface area contributed by atoms with E-state index < -0.39 is 23.9 Å². The first-order chi connectivity index (χ1) is 18.2. The van der Waals surface area contributed by atoms with Crippen LogP contribution in [-0.2, 0) is 32.1 Å². The summed E-state index contributed by atoms with van der Waals surface area (Å²) < 4.78 is 0. The second-order valence-corrected chi connectivity index (χ2v) is 8.25. The van der Waals surface area contributed by atoms with Gasteiger partial charge in [0, 0.05) is 36.9 Å². The van der Waals surface area contributed by atoms with Crippen molar-refractivity contribution in [3.05, 3.63) is 96.1 Å². The molecule has 10 heteroatoms. The van der Waals surface area contributed by atoms with Gasteiger partial charge in [0.2, 0.25) is 0 Å². The molecule has 1 aliphatic heterocycles. The highest BCUT2D eigenvalue weighted by molar-refractivity contribution is 5.90. The average Bonchev–Trinajstić information content (AvgIpc) is 2.89. The fraction of sp³-hybridized carbons (Fsp3) is 0.286. The Labute approximate surface area is 221 Å². The summed E-state index contributed by atoms with van der Waals surface area (Å²) in [5, 5.41) is 35.0. The summed E-state index contributed by atoms with van der Waals surface area (Å²) >= 11 is 0. The molecule has 5 N–H and O–H groups in total. The predicted octanol–water partition coefficient (Wildman–Crippen LogP) is 2.91. The largest absolute Gasteiger partial charge is 0.478 e. The number of hydrogen-bond acceptors (Lipinski definition) is 6. The summed E-state index contributed by atoms with van der Waals surface area (Å²) in [6, 6.07) is 22.2. The van der Waals surface area contributed by atoms with Crippen molar-refractivity contribution in [1.29, 1.82) is 0 Å². The van der Waals surface area contributed by atoms with Crippen molar-refractivity contribution in [2.24, 2.45) is 0 Å². The normalized spacial score (nSPS) is 13.7. The number of rotatable bonds is 10. The molecular formula is C28H34N2O8. The quantitative estimate of drug-likeness (QED) is 0.291. The topological polar surface area (TPSA) is 164 Å². The molecule has 0 unspecified atom stereocenters. The lowest BCUT2D eigenvalue weighted by atomic mass is 10.0. The third-order valence-corrected chi connectivity index (χ3v) is 5.26. The Morgan fingerprint density at radius 1 is 0.684 bits per heavy atom. The van der Waals surface area contributed by atoms with Crippen molar-refractivity contribution in [1.82, 2.24) is 10.2 Å². The van der Waals surface area contributed by atoms with Crippen LogP contribution in [0.5, 0.6) is 0 Å². The van der Waals surface area contributed by atoms with E-state index >= 15 is 0 Å². The van der Waals surface area contributed by atoms with Crippen LogP contribution in [0.3, 0.4) is 0 Å². The molecule has 0 aromatic heterocycles. The number of nitrogens with one attached hydrogen (secondary N) is 1. The standard InChI is InChI=1S/C20H26N2.2C4H4O4/c1-3-7-18(8-4-1)11-14-21-20-12-15-22(16-13-20)17-19-9-5-2-6-10-19;2*5-3(6)1-2-4(7)8/h1-10,20-21H,11-17H2;2*1-2H,(H,5,6)(H,7,8)/b;2*2-1+. The molecular weight excluding hydrogens is 492 g/mol. The molecule has 0 bridgehead atoms. The number of carbonyl (C=O) groups is 4. The van der Waals surface area contributed by atoms with Crippen LogP contribution in [-0.4, -0.2) is 74.9 Å². The minimum atomic E-state index is -1.26. The van der Waals surface area contributed by atoms with Gasteiger partial charge in [-0.1, -0.05) is 60.7 Å². The molecule has 3 rings (SSSR count). The summed E-state index contributed by atoms with van der Waals surface area (Å²) in [6.45, 7) is 4.60. The highest BCUT2D eigenvalue weighted by Crippen LogP contribution is 2.14. The molecule has 1 saturated heterocycles. The molecule has 0 radical (unpaired) electrons. The van der Waals surface area contributed by atoms with Crippen LogP contribution in [0.25, 0.3) is 0 Å². The van der Waals surface area contributed by atoms with Gasteiger partial charge in [0.1, 0.15) is 0 Å². The maximum absolute atomic E-state index is 9.55. The molecule has 1 fully saturated rings. The first-order valence-corrected chi connectivity index (χ1v) is 12.0. The highest BCUT2D eigenvalue weighted by Gasteiger charge is 2.18. The maximum atomic E-state index is 9.55. The number of hydrogen-bond donors (Lipinski definition) is 5. The molecule has 2 aromatic carbocycles. The molecule has 38 heavy (non-hydrogen) atoms. The number of piperidine rings is 1. The fourth-order valence-electron chi connectivity index (χ4n) is 3.49. The van der Waals surface area contributed by atoms with Crippen molar-refractivity contribution in [3.8, 4) is 0 Å². The lowest BCUT2D eigenvalue weighted by Gasteiger charge is -2.32. The molecule has 2 aromatic rings. The summed E-state index contributed by atoms with van der Waals surface area (Å²) in [7, 11) is 0. The van der Waals surface area contributed by atoms with Crippen LogP contribution in [0.15, 0.2) is 85.0 Å². The Kier molecular flexibility index (Phi) is 15.8. The first kappa shape index (κ1) is 31.7. The van der Waals surface area contributed by atoms with Crippen LogP contribution in [0, 0.1) is 0 Å². The fourth-order valence-corrected chi connectivity index (χ4v) is 3.49. The molecule has 1 heterocycles. The molecule has 1 aliphatic rings. The van der Waals surface area contributed by atoms with E-state index in [-0.39, 0.29) is 0 Å². The zero-order valence-corrected chi connectivity index (χ0v) is 21.0. The van der Waals surface area contributed by atoms with Gasteiger partial charge in [-0.2, -0.15) is 0 Å². The number of carboxylic acid groups (broad SMARTS) is 4. The molecule has 204 valence electrons. The van der Waals surface area contributed by atoms with Crippen LogP contribution in [0.4, 0.5) is 0 Å². The van der Waals surface area contributed by atoms with E-state index in [2.05, 4.69) is 70.9 Å². The van der Waals surface area contributed by atoms with Gasteiger partial charge in [-0.05, 0) is 50.0 Å². The number of aliphatic carboxylic acids is 4. The molecule has 0 saturated carbocycles. The van der Waals surface area contributed by atoms with E-state index in [9.17, 15) is 19.2 Å². The van der Waals surface area contributed by atoms with Crippen LogP contribution < -0.4 is 5.32 Å². The van der Waals surface area contributed by atoms with Gasteiger partial charge in [-0.15, -0.1) is 0 Å². The van der Waals surface area contributed by atoms with E-state index in [0.717, 1.165) is 19.5 Å². The van der Waals surface area contributed by atoms with Gasteiger partial charge in [-0.25, -0.2) is 19.2 Å². The van der Waals surface area contributed by atoms with E-state index in [1.54, 1.807) is 0 Å². The molecule has 0 spiro atoms. The predicted molar refractivity (Wildman–Crippen MR) is 142 cm³/mol. The van der Waals surface area contributed by atoms with Gasteiger partial charge in [0.15, 0.2) is 0 Å². The summed E-state index contributed by atoms with van der Waals surface area (Å²) in [5.41, 5.74) is 2.86. The smallest absolute Gasteiger partial charge is 0.328 e. The highest BCUT2D eigenvalue weighted by atomic mass is 16.4. The third-order valence-electron chi connectivity index (χ3n) is 5.26. The number of nitrogens with zero attached hydrogens (tertiary/aromatic N) is 1. The summed E-state index contributed by atoms with van der Waals surface area (Å²) in [6.07, 6.45) is 5.89. The second kappa shape index (κ2) is 18.9. The van der Waals surface area contributed by atoms with Crippen molar-refractivity contribution >= 4 is 23.9 Å². The lowest BCUT2D eigenvalue weighted by Crippen LogP contribution is -2.42. The minimum absolute atomic E-state index is 0.558. The van der Waals surface area contributed by atoms with E-state index in [1.807, 2.05) is 0 Å². The Bertz CT molecular complexity index is 981. The SMILES string of the molecule is O=C(O)/C=C/C(=O)O.O=C(O)/C=C/C(=O)O.c1ccc(CCNC2CCN(Cc3ccccc3)CC2)cc1. The van der Waals surface area contributed by atoms with Gasteiger partial charge in [0.25, 0.3) is 0 Å². The Balaban J connectivity index is 0.000000374. The van der Waals surface area contributed by atoms with Crippen molar-refractivity contribution < 1.29 is 39.6 Å². The number of carboxylic acids is 4. The monoisotopic (exact) mass is 526 g/mol. The van der Waals surface area contributed by atoms with Crippen molar-refractivity contribution in [3.63, 3.8) is 0 Å². The van der Waals surface area contributed by atoms with E-state index in [4.69, 9.17) is 20.4 Å². The van der Waals surface area contributed by atoms with Crippen LogP contribution in [0.1, 0.15) is 24.0 Å². The van der Waals surface area contributed by atoms with Crippen LogP contribution in [0.2, 0.25) is 0 Å². The second-order valence-electron chi connectivity index (χ2n) is 8.25. The summed E-state index contributed by atoms with van der Waals surface area (Å²) in [4.78, 5) is 40.8. The van der Waals surface area contributed by atoms with Crippen molar-refractivity contribution in [2.75, 3.05) is 19.6 Å². The zero-order chi connectivity index (χ0) is 28.2. The van der Waals surface area contributed by atoms with Crippen molar-refractivity contribution in [2.45, 2.75) is 31.8 Å². The zero-order valence-electron chi connectivity index (χ0n) is 21.0. The number of likely N-dealkylation sites (tertiary alicyclic amines) is 1. The Morgan fingerprint density at radius 3 is 1.47 bits per heavy atom. The van der Waals surface area contributed by atoms with Gasteiger partial charge in [-0.3, -0.25) is 4.90 Å². The Hall–Kier alpha value is -4.28. The molecule has 0 aliphatic carbocycles. The van der Waals surface area contributed by atoms with Gasteiger partial charge in [0.05, 0.1) is 0 Å². The van der Waals surface area contributed by atoms with Gasteiger partial charge < -0.3 is 25.7 Å². The van der Waals surface area contributed by atoms with E-state index in [1.165, 1.54) is 37.1 Å². The number of benzene rings is 2. The molecule has 0 atom stereocenters. The lowest BCUT2D eigenvalue weighted by molar-refractivity contribution is -0.134.